The van der Waals surface area contributed by atoms with Gasteiger partial charge in [0.15, 0.2) is 5.11 Å². The molecule has 24 heavy (non-hydrogen) atoms. The number of anilines is 2. The highest BCUT2D eigenvalue weighted by molar-refractivity contribution is 7.89. The first kappa shape index (κ1) is 18.7. The maximum atomic E-state index is 12.3. The number of hydrogen-bond donors (Lipinski definition) is 2. The van der Waals surface area contributed by atoms with Crippen LogP contribution in [-0.4, -0.2) is 31.9 Å². The second-order valence-electron chi connectivity index (χ2n) is 5.38. The largest absolute Gasteiger partial charge is 0.332 e. The van der Waals surface area contributed by atoms with Crippen LogP contribution in [0.5, 0.6) is 0 Å². The summed E-state index contributed by atoms with van der Waals surface area (Å²) in [5, 5.41) is 6.52. The molecule has 0 saturated carbocycles. The lowest BCUT2D eigenvalue weighted by atomic mass is 10.2. The Morgan fingerprint density at radius 2 is 1.58 bits per heavy atom. The molecule has 8 heteroatoms. The summed E-state index contributed by atoms with van der Waals surface area (Å²) < 4.78 is 25.7. The van der Waals surface area contributed by atoms with Gasteiger partial charge in [-0.05, 0) is 49.5 Å². The molecule has 0 unspecified atom stereocenters. The Labute approximate surface area is 152 Å². The fraction of sp³-hybridized carbons (Fsp3) is 0.188. The maximum absolute atomic E-state index is 12.3. The van der Waals surface area contributed by atoms with E-state index in [4.69, 9.17) is 23.8 Å². The predicted octanol–water partition coefficient (Wildman–Crippen LogP) is 3.71. The van der Waals surface area contributed by atoms with E-state index in [2.05, 4.69) is 10.6 Å². The van der Waals surface area contributed by atoms with E-state index in [-0.39, 0.29) is 9.92 Å². The summed E-state index contributed by atoms with van der Waals surface area (Å²) in [4.78, 5) is 0.0253. The van der Waals surface area contributed by atoms with Gasteiger partial charge in [-0.2, -0.15) is 0 Å². The molecule has 128 valence electrons. The zero-order valence-electron chi connectivity index (χ0n) is 13.5. The van der Waals surface area contributed by atoms with Crippen molar-refractivity contribution in [1.82, 2.24) is 4.31 Å². The van der Waals surface area contributed by atoms with Crippen molar-refractivity contribution in [3.8, 4) is 0 Å². The van der Waals surface area contributed by atoms with Crippen LogP contribution < -0.4 is 10.6 Å². The molecule has 0 saturated heterocycles. The van der Waals surface area contributed by atoms with E-state index in [0.29, 0.717) is 10.8 Å². The molecule has 0 fully saturated rings. The standard InChI is InChI=1S/C16H18ClN3O2S2/c1-11-4-6-12(7-5-11)18-16(23)19-13-8-9-14(17)15(10-13)24(21,22)20(2)3/h4-10H,1-3H3,(H2,18,19,23). The predicted molar refractivity (Wildman–Crippen MR) is 103 cm³/mol. The Hall–Kier alpha value is -1.67. The van der Waals surface area contributed by atoms with Gasteiger partial charge in [-0.15, -0.1) is 0 Å². The van der Waals surface area contributed by atoms with Gasteiger partial charge in [-0.3, -0.25) is 0 Å². The molecule has 0 bridgehead atoms. The van der Waals surface area contributed by atoms with Crippen molar-refractivity contribution in [2.75, 3.05) is 24.7 Å². The molecule has 0 atom stereocenters. The number of benzene rings is 2. The highest BCUT2D eigenvalue weighted by atomic mass is 35.5. The Morgan fingerprint density at radius 1 is 1.04 bits per heavy atom. The third-order valence-electron chi connectivity index (χ3n) is 3.26. The fourth-order valence-electron chi connectivity index (χ4n) is 1.91. The van der Waals surface area contributed by atoms with Crippen LogP contribution in [0, 0.1) is 6.92 Å². The van der Waals surface area contributed by atoms with Crippen molar-refractivity contribution in [3.63, 3.8) is 0 Å². The van der Waals surface area contributed by atoms with E-state index in [0.717, 1.165) is 15.6 Å². The smallest absolute Gasteiger partial charge is 0.244 e. The second kappa shape index (κ2) is 7.48. The Balaban J connectivity index is 2.18. The molecule has 0 aliphatic heterocycles. The Morgan fingerprint density at radius 3 is 2.17 bits per heavy atom. The molecule has 0 radical (unpaired) electrons. The van der Waals surface area contributed by atoms with Crippen LogP contribution in [0.3, 0.4) is 0 Å². The van der Waals surface area contributed by atoms with Crippen molar-refractivity contribution < 1.29 is 8.42 Å². The maximum Gasteiger partial charge on any atom is 0.244 e. The summed E-state index contributed by atoms with van der Waals surface area (Å²) in [5.41, 5.74) is 2.52. The van der Waals surface area contributed by atoms with Gasteiger partial charge in [-0.1, -0.05) is 29.3 Å². The zero-order chi connectivity index (χ0) is 17.9. The van der Waals surface area contributed by atoms with Crippen molar-refractivity contribution >= 4 is 50.3 Å². The molecule has 2 rings (SSSR count). The summed E-state index contributed by atoms with van der Waals surface area (Å²) in [6, 6.07) is 12.4. The van der Waals surface area contributed by atoms with E-state index in [1.807, 2.05) is 31.2 Å². The molecule has 0 amide bonds. The van der Waals surface area contributed by atoms with Crippen molar-refractivity contribution in [3.05, 3.63) is 53.1 Å². The van der Waals surface area contributed by atoms with E-state index in [1.54, 1.807) is 6.07 Å². The first-order chi connectivity index (χ1) is 11.2. The molecule has 2 aromatic carbocycles. The fourth-order valence-corrected chi connectivity index (χ4v) is 3.54. The highest BCUT2D eigenvalue weighted by Crippen LogP contribution is 2.27. The molecule has 0 spiro atoms. The topological polar surface area (TPSA) is 61.4 Å². The van der Waals surface area contributed by atoms with Crippen LogP contribution in [0.1, 0.15) is 5.56 Å². The van der Waals surface area contributed by atoms with Gasteiger partial charge in [0.2, 0.25) is 10.0 Å². The van der Waals surface area contributed by atoms with Crippen LogP contribution in [0.4, 0.5) is 11.4 Å². The second-order valence-corrected chi connectivity index (χ2v) is 8.31. The number of rotatable bonds is 4. The number of hydrogen-bond acceptors (Lipinski definition) is 3. The lowest BCUT2D eigenvalue weighted by Gasteiger charge is -2.15. The minimum absolute atomic E-state index is 0.0253. The average Bonchev–Trinajstić information content (AvgIpc) is 2.51. The quantitative estimate of drug-likeness (QED) is 0.788. The van der Waals surface area contributed by atoms with E-state index in [9.17, 15) is 8.42 Å². The molecular weight excluding hydrogens is 366 g/mol. The minimum atomic E-state index is -3.63. The van der Waals surface area contributed by atoms with E-state index < -0.39 is 10.0 Å². The third-order valence-corrected chi connectivity index (χ3v) is 5.76. The molecular formula is C16H18ClN3O2S2. The Bertz CT molecular complexity index is 850. The van der Waals surface area contributed by atoms with Crippen LogP contribution in [-0.2, 0) is 10.0 Å². The first-order valence-corrected chi connectivity index (χ1v) is 9.29. The molecule has 0 heterocycles. The van der Waals surface area contributed by atoms with Crippen molar-refractivity contribution in [2.24, 2.45) is 0 Å². The Kier molecular flexibility index (Phi) is 5.82. The van der Waals surface area contributed by atoms with Gasteiger partial charge in [-0.25, -0.2) is 12.7 Å². The van der Waals surface area contributed by atoms with Gasteiger partial charge in [0.05, 0.1) is 5.02 Å². The van der Waals surface area contributed by atoms with Crippen molar-refractivity contribution in [1.29, 1.82) is 0 Å². The van der Waals surface area contributed by atoms with Crippen LogP contribution >= 0.6 is 23.8 Å². The molecule has 0 aliphatic rings. The summed E-state index contributed by atoms with van der Waals surface area (Å²) in [5.74, 6) is 0. The van der Waals surface area contributed by atoms with Crippen molar-refractivity contribution in [2.45, 2.75) is 11.8 Å². The van der Waals surface area contributed by atoms with Gasteiger partial charge in [0.25, 0.3) is 0 Å². The van der Waals surface area contributed by atoms with Crippen LogP contribution in [0.25, 0.3) is 0 Å². The summed E-state index contributed by atoms with van der Waals surface area (Å²) >= 11 is 11.3. The summed E-state index contributed by atoms with van der Waals surface area (Å²) in [6.45, 7) is 2.00. The SMILES string of the molecule is Cc1ccc(NC(=S)Nc2ccc(Cl)c(S(=O)(=O)N(C)C)c2)cc1. The lowest BCUT2D eigenvalue weighted by molar-refractivity contribution is 0.521. The average molecular weight is 384 g/mol. The first-order valence-electron chi connectivity index (χ1n) is 7.07. The summed E-state index contributed by atoms with van der Waals surface area (Å²) in [6.07, 6.45) is 0. The zero-order valence-corrected chi connectivity index (χ0v) is 15.9. The summed E-state index contributed by atoms with van der Waals surface area (Å²) in [7, 11) is -0.724. The molecule has 2 N–H and O–H groups in total. The molecule has 0 aliphatic carbocycles. The molecule has 5 nitrogen and oxygen atoms in total. The monoisotopic (exact) mass is 383 g/mol. The third kappa shape index (κ3) is 4.45. The number of nitrogens with one attached hydrogen (secondary N) is 2. The highest BCUT2D eigenvalue weighted by Gasteiger charge is 2.21. The van der Waals surface area contributed by atoms with E-state index >= 15 is 0 Å². The van der Waals surface area contributed by atoms with Gasteiger partial charge in [0, 0.05) is 25.5 Å². The van der Waals surface area contributed by atoms with Crippen LogP contribution in [0.2, 0.25) is 5.02 Å². The van der Waals surface area contributed by atoms with Gasteiger partial charge < -0.3 is 10.6 Å². The normalized spacial score (nSPS) is 11.4. The van der Waals surface area contributed by atoms with Crippen LogP contribution in [0.15, 0.2) is 47.4 Å². The lowest BCUT2D eigenvalue weighted by Crippen LogP contribution is -2.23. The van der Waals surface area contributed by atoms with Gasteiger partial charge >= 0.3 is 0 Å². The molecule has 2 aromatic rings. The number of halogens is 1. The molecule has 0 aromatic heterocycles. The number of nitrogens with zero attached hydrogens (tertiary/aromatic N) is 1. The van der Waals surface area contributed by atoms with Gasteiger partial charge in [0.1, 0.15) is 4.90 Å². The number of sulfonamides is 1. The number of thiocarbonyl (C=S) groups is 1. The minimum Gasteiger partial charge on any atom is -0.332 e. The van der Waals surface area contributed by atoms with E-state index in [1.165, 1.54) is 26.2 Å². The number of aryl methyl sites for hydroxylation is 1.